The van der Waals surface area contributed by atoms with Gasteiger partial charge in [-0.1, -0.05) is 25.1 Å². The fourth-order valence-corrected chi connectivity index (χ4v) is 3.89. The van der Waals surface area contributed by atoms with E-state index >= 15 is 0 Å². The van der Waals surface area contributed by atoms with Gasteiger partial charge in [0.05, 0.1) is 4.90 Å². The highest BCUT2D eigenvalue weighted by Gasteiger charge is 2.19. The highest BCUT2D eigenvalue weighted by Crippen LogP contribution is 2.23. The first-order chi connectivity index (χ1) is 11.5. The quantitative estimate of drug-likeness (QED) is 0.253. The van der Waals surface area contributed by atoms with Crippen LogP contribution in [0.3, 0.4) is 0 Å². The van der Waals surface area contributed by atoms with Gasteiger partial charge in [0.2, 0.25) is 10.0 Å². The van der Waals surface area contributed by atoms with Crippen molar-refractivity contribution in [1.82, 2.24) is 15.4 Å². The van der Waals surface area contributed by atoms with E-state index in [0.717, 1.165) is 24.7 Å². The van der Waals surface area contributed by atoms with E-state index in [4.69, 9.17) is 0 Å². The second kappa shape index (κ2) is 11.0. The molecular weight excluding hydrogens is 451 g/mol. The molecule has 2 rings (SSSR count). The van der Waals surface area contributed by atoms with Gasteiger partial charge in [-0.25, -0.2) is 13.1 Å². The molecule has 3 N–H and O–H groups in total. The summed E-state index contributed by atoms with van der Waals surface area (Å²) in [5.74, 6) is 1.54. The molecule has 1 saturated carbocycles. The van der Waals surface area contributed by atoms with Gasteiger partial charge in [0.15, 0.2) is 5.96 Å². The van der Waals surface area contributed by atoms with E-state index in [1.807, 2.05) is 0 Å². The van der Waals surface area contributed by atoms with Crippen LogP contribution in [-0.4, -0.2) is 40.6 Å². The Morgan fingerprint density at radius 2 is 1.76 bits per heavy atom. The molecule has 0 spiro atoms. The van der Waals surface area contributed by atoms with Crippen LogP contribution in [0, 0.1) is 5.92 Å². The van der Waals surface area contributed by atoms with Crippen molar-refractivity contribution < 1.29 is 8.42 Å². The van der Waals surface area contributed by atoms with Crippen LogP contribution in [0.2, 0.25) is 0 Å². The maximum Gasteiger partial charge on any atom is 0.240 e. The van der Waals surface area contributed by atoms with E-state index in [1.54, 1.807) is 37.4 Å². The molecule has 0 aliphatic heterocycles. The molecule has 1 aromatic carbocycles. The van der Waals surface area contributed by atoms with Crippen LogP contribution in [0.4, 0.5) is 0 Å². The van der Waals surface area contributed by atoms with E-state index in [-0.39, 0.29) is 28.9 Å². The van der Waals surface area contributed by atoms with Gasteiger partial charge in [-0.05, 0) is 43.7 Å². The van der Waals surface area contributed by atoms with Gasteiger partial charge in [-0.2, -0.15) is 0 Å². The standard InChI is InChI=1S/C17H28N4O2S.HI/c1-14-8-10-15(11-9-14)21-17(18-2)19-12-13-20-24(22,23)16-6-4-3-5-7-16;/h3-7,14-15,20H,8-13H2,1-2H3,(H2,18,19,21);1H. The lowest BCUT2D eigenvalue weighted by Crippen LogP contribution is -2.46. The van der Waals surface area contributed by atoms with E-state index in [0.29, 0.717) is 19.1 Å². The third-order valence-corrected chi connectivity index (χ3v) is 5.82. The zero-order chi connectivity index (χ0) is 17.4. The van der Waals surface area contributed by atoms with Crippen molar-refractivity contribution in [2.24, 2.45) is 10.9 Å². The molecule has 0 saturated heterocycles. The molecule has 0 bridgehead atoms. The third kappa shape index (κ3) is 7.49. The first-order valence-electron chi connectivity index (χ1n) is 8.53. The van der Waals surface area contributed by atoms with Gasteiger partial charge >= 0.3 is 0 Å². The molecule has 1 aliphatic rings. The van der Waals surface area contributed by atoms with Crippen molar-refractivity contribution in [2.75, 3.05) is 20.1 Å². The Morgan fingerprint density at radius 1 is 1.12 bits per heavy atom. The zero-order valence-corrected chi connectivity index (χ0v) is 18.0. The molecule has 8 heteroatoms. The predicted octanol–water partition coefficient (Wildman–Crippen LogP) is 2.33. The topological polar surface area (TPSA) is 82.6 Å². The van der Waals surface area contributed by atoms with Gasteiger partial charge in [-0.3, -0.25) is 4.99 Å². The Balaban J connectivity index is 0.00000312. The molecule has 1 aromatic rings. The minimum absolute atomic E-state index is 0. The minimum atomic E-state index is -3.45. The van der Waals surface area contributed by atoms with Gasteiger partial charge in [0.25, 0.3) is 0 Å². The molecule has 0 amide bonds. The molecule has 142 valence electrons. The Bertz CT molecular complexity index is 629. The molecule has 1 fully saturated rings. The van der Waals surface area contributed by atoms with Crippen molar-refractivity contribution in [3.8, 4) is 0 Å². The van der Waals surface area contributed by atoms with Gasteiger partial charge < -0.3 is 10.6 Å². The number of hydrogen-bond donors (Lipinski definition) is 3. The Hall–Kier alpha value is -0.870. The minimum Gasteiger partial charge on any atom is -0.355 e. The molecule has 0 heterocycles. The normalized spacial score (nSPS) is 21.3. The average molecular weight is 480 g/mol. The highest BCUT2D eigenvalue weighted by molar-refractivity contribution is 14.0. The van der Waals surface area contributed by atoms with Gasteiger partial charge in [0.1, 0.15) is 0 Å². The number of hydrogen-bond acceptors (Lipinski definition) is 3. The maximum absolute atomic E-state index is 12.1. The number of halogens is 1. The van der Waals surface area contributed by atoms with Crippen LogP contribution in [-0.2, 0) is 10.0 Å². The fourth-order valence-electron chi connectivity index (χ4n) is 2.84. The second-order valence-electron chi connectivity index (χ2n) is 6.31. The monoisotopic (exact) mass is 480 g/mol. The number of rotatable bonds is 6. The first-order valence-corrected chi connectivity index (χ1v) is 10.0. The lowest BCUT2D eigenvalue weighted by atomic mass is 9.87. The summed E-state index contributed by atoms with van der Waals surface area (Å²) in [4.78, 5) is 4.49. The molecule has 0 aromatic heterocycles. The van der Waals surface area contributed by atoms with Crippen LogP contribution in [0.15, 0.2) is 40.2 Å². The number of benzene rings is 1. The highest BCUT2D eigenvalue weighted by atomic mass is 127. The zero-order valence-electron chi connectivity index (χ0n) is 14.9. The second-order valence-corrected chi connectivity index (χ2v) is 8.08. The van der Waals surface area contributed by atoms with E-state index < -0.39 is 10.0 Å². The fraction of sp³-hybridized carbons (Fsp3) is 0.588. The van der Waals surface area contributed by atoms with Gasteiger partial charge in [-0.15, -0.1) is 24.0 Å². The predicted molar refractivity (Wildman–Crippen MR) is 113 cm³/mol. The van der Waals surface area contributed by atoms with Crippen molar-refractivity contribution in [3.05, 3.63) is 30.3 Å². The van der Waals surface area contributed by atoms with Crippen LogP contribution in [0.1, 0.15) is 32.6 Å². The SMILES string of the molecule is CN=C(NCCNS(=O)(=O)c1ccccc1)NC1CCC(C)CC1.I. The third-order valence-electron chi connectivity index (χ3n) is 4.34. The summed E-state index contributed by atoms with van der Waals surface area (Å²) in [6.07, 6.45) is 4.79. The lowest BCUT2D eigenvalue weighted by molar-refractivity contribution is 0.329. The number of nitrogens with one attached hydrogen (secondary N) is 3. The summed E-state index contributed by atoms with van der Waals surface area (Å²) >= 11 is 0. The first kappa shape index (κ1) is 22.2. The van der Waals surface area contributed by atoms with Crippen molar-refractivity contribution >= 4 is 40.0 Å². The van der Waals surface area contributed by atoms with E-state index in [9.17, 15) is 8.42 Å². The molecule has 0 atom stereocenters. The molecule has 0 unspecified atom stereocenters. The van der Waals surface area contributed by atoms with Crippen LogP contribution in [0.25, 0.3) is 0 Å². The summed E-state index contributed by atoms with van der Waals surface area (Å²) in [5, 5.41) is 6.58. The van der Waals surface area contributed by atoms with E-state index in [1.165, 1.54) is 12.8 Å². The molecule has 0 radical (unpaired) electrons. The van der Waals surface area contributed by atoms with Crippen molar-refractivity contribution in [1.29, 1.82) is 0 Å². The van der Waals surface area contributed by atoms with E-state index in [2.05, 4.69) is 27.3 Å². The number of nitrogens with zero attached hydrogens (tertiary/aromatic N) is 1. The molecule has 1 aliphatic carbocycles. The molecule has 6 nitrogen and oxygen atoms in total. The Morgan fingerprint density at radius 3 is 2.36 bits per heavy atom. The average Bonchev–Trinajstić information content (AvgIpc) is 2.60. The molecular formula is C17H29IN4O2S. The summed E-state index contributed by atoms with van der Waals surface area (Å²) < 4.78 is 26.8. The largest absolute Gasteiger partial charge is 0.355 e. The lowest BCUT2D eigenvalue weighted by Gasteiger charge is -2.28. The number of sulfonamides is 1. The summed E-state index contributed by atoms with van der Waals surface area (Å²) in [6.45, 7) is 3.08. The van der Waals surface area contributed by atoms with Crippen molar-refractivity contribution in [2.45, 2.75) is 43.5 Å². The number of aliphatic imine (C=N–C) groups is 1. The smallest absolute Gasteiger partial charge is 0.240 e. The van der Waals surface area contributed by atoms with Crippen LogP contribution < -0.4 is 15.4 Å². The van der Waals surface area contributed by atoms with Crippen molar-refractivity contribution in [3.63, 3.8) is 0 Å². The summed E-state index contributed by atoms with van der Waals surface area (Å²) in [5.41, 5.74) is 0. The maximum atomic E-state index is 12.1. The van der Waals surface area contributed by atoms with Crippen LogP contribution in [0.5, 0.6) is 0 Å². The Kier molecular flexibility index (Phi) is 9.73. The number of guanidine groups is 1. The molecule has 25 heavy (non-hydrogen) atoms. The summed E-state index contributed by atoms with van der Waals surface area (Å²) in [7, 11) is -1.72. The van der Waals surface area contributed by atoms with Gasteiger partial charge in [0, 0.05) is 26.2 Å². The van der Waals surface area contributed by atoms with Crippen LogP contribution >= 0.6 is 24.0 Å². The summed E-state index contributed by atoms with van der Waals surface area (Å²) in [6, 6.07) is 8.84. The Labute approximate surface area is 168 Å².